The Morgan fingerprint density at radius 1 is 1.24 bits per heavy atom. The molecule has 3 N–H and O–H groups in total. The number of hydrogen-bond acceptors (Lipinski definition) is 4. The predicted octanol–water partition coefficient (Wildman–Crippen LogP) is -0.0658. The second kappa shape index (κ2) is 8.20. The molecule has 2 atom stereocenters. The van der Waals surface area contributed by atoms with E-state index >= 15 is 0 Å². The van der Waals surface area contributed by atoms with Gasteiger partial charge in [-0.15, -0.1) is 0 Å². The predicted molar refractivity (Wildman–Crippen MR) is 66.6 cm³/mol. The highest BCUT2D eigenvalue weighted by molar-refractivity contribution is 5.89. The maximum absolute atomic E-state index is 12.0. The first-order valence-electron chi connectivity index (χ1n) is 6.00. The number of aliphatic hydroxyl groups is 1. The lowest BCUT2D eigenvalue weighted by Gasteiger charge is -2.21. The Morgan fingerprint density at radius 3 is 2.18 bits per heavy atom. The van der Waals surface area contributed by atoms with Crippen LogP contribution in [-0.4, -0.2) is 43.5 Å². The van der Waals surface area contributed by atoms with E-state index in [1.165, 1.54) is 7.05 Å². The van der Waals surface area contributed by atoms with Gasteiger partial charge in [-0.1, -0.05) is 13.8 Å². The molecule has 0 radical (unpaired) electrons. The van der Waals surface area contributed by atoms with Crippen LogP contribution in [0, 0.1) is 11.8 Å². The Bertz CT molecular complexity index is 254. The minimum Gasteiger partial charge on any atom is -0.396 e. The van der Waals surface area contributed by atoms with Crippen molar-refractivity contribution in [3.63, 3.8) is 0 Å². The van der Waals surface area contributed by atoms with E-state index in [1.807, 2.05) is 13.8 Å². The summed E-state index contributed by atoms with van der Waals surface area (Å²) in [6, 6.07) is -0.235. The third-order valence-electron chi connectivity index (χ3n) is 2.87. The molecule has 0 bridgehead atoms. The van der Waals surface area contributed by atoms with Gasteiger partial charge in [0.1, 0.15) is 0 Å². The standard InChI is InChI=1S/C12H24N2O3/c1-8(2)11(13-3)10(16)7-9(5-6-15)12(17)14-4/h8-9,11,13,15H,5-7H2,1-4H3,(H,14,17)/t9-,11+/m1/s1. The maximum atomic E-state index is 12.0. The van der Waals surface area contributed by atoms with Gasteiger partial charge in [0, 0.05) is 26.0 Å². The van der Waals surface area contributed by atoms with Gasteiger partial charge >= 0.3 is 0 Å². The van der Waals surface area contributed by atoms with Gasteiger partial charge in [0.25, 0.3) is 0 Å². The second-order valence-electron chi connectivity index (χ2n) is 4.50. The van der Waals surface area contributed by atoms with E-state index in [1.54, 1.807) is 7.05 Å². The molecule has 0 heterocycles. The van der Waals surface area contributed by atoms with Crippen LogP contribution in [0.25, 0.3) is 0 Å². The van der Waals surface area contributed by atoms with Crippen molar-refractivity contribution in [3.8, 4) is 0 Å². The number of ketones is 1. The van der Waals surface area contributed by atoms with Crippen LogP contribution < -0.4 is 10.6 Å². The molecule has 0 aromatic rings. The first-order chi connectivity index (χ1) is 7.97. The molecule has 100 valence electrons. The molecule has 1 amide bonds. The van der Waals surface area contributed by atoms with Gasteiger partial charge in [-0.25, -0.2) is 0 Å². The fraction of sp³-hybridized carbons (Fsp3) is 0.833. The van der Waals surface area contributed by atoms with Gasteiger partial charge < -0.3 is 15.7 Å². The Hall–Kier alpha value is -0.940. The molecule has 0 fully saturated rings. The maximum Gasteiger partial charge on any atom is 0.223 e. The Kier molecular flexibility index (Phi) is 7.74. The van der Waals surface area contributed by atoms with Crippen molar-refractivity contribution in [2.45, 2.75) is 32.7 Å². The number of rotatable bonds is 8. The first kappa shape index (κ1) is 16.1. The molecule has 5 heteroatoms. The minimum atomic E-state index is -0.438. The van der Waals surface area contributed by atoms with Gasteiger partial charge in [0.05, 0.1) is 6.04 Å². The number of nitrogens with one attached hydrogen (secondary N) is 2. The highest BCUT2D eigenvalue weighted by Gasteiger charge is 2.26. The highest BCUT2D eigenvalue weighted by Crippen LogP contribution is 2.13. The number of aliphatic hydroxyl groups excluding tert-OH is 1. The molecular formula is C12H24N2O3. The molecule has 0 saturated heterocycles. The van der Waals surface area contributed by atoms with Crippen molar-refractivity contribution in [2.75, 3.05) is 20.7 Å². The summed E-state index contributed by atoms with van der Waals surface area (Å²) in [5.41, 5.74) is 0. The number of carbonyl (C=O) groups excluding carboxylic acids is 2. The highest BCUT2D eigenvalue weighted by atomic mass is 16.3. The molecule has 0 rings (SSSR count). The summed E-state index contributed by atoms with van der Waals surface area (Å²) >= 11 is 0. The molecular weight excluding hydrogens is 220 g/mol. The van der Waals surface area contributed by atoms with E-state index in [4.69, 9.17) is 5.11 Å². The van der Waals surface area contributed by atoms with Crippen LogP contribution in [0.3, 0.4) is 0 Å². The molecule has 0 aromatic carbocycles. The number of Topliss-reactive ketones (excluding diaryl/α,β-unsaturated/α-hetero) is 1. The lowest BCUT2D eigenvalue weighted by atomic mass is 9.90. The molecule has 0 spiro atoms. The van der Waals surface area contributed by atoms with Crippen molar-refractivity contribution in [2.24, 2.45) is 11.8 Å². The third kappa shape index (κ3) is 5.28. The lowest BCUT2D eigenvalue weighted by Crippen LogP contribution is -2.41. The number of amides is 1. The smallest absolute Gasteiger partial charge is 0.223 e. The van der Waals surface area contributed by atoms with Crippen molar-refractivity contribution in [1.82, 2.24) is 10.6 Å². The zero-order valence-corrected chi connectivity index (χ0v) is 11.1. The van der Waals surface area contributed by atoms with E-state index in [-0.39, 0.29) is 36.7 Å². The van der Waals surface area contributed by atoms with Gasteiger partial charge in [-0.3, -0.25) is 9.59 Å². The van der Waals surface area contributed by atoms with Gasteiger partial charge in [0.15, 0.2) is 5.78 Å². The van der Waals surface area contributed by atoms with Crippen LogP contribution in [0.15, 0.2) is 0 Å². The summed E-state index contributed by atoms with van der Waals surface area (Å²) in [5.74, 6) is -0.422. The van der Waals surface area contributed by atoms with Gasteiger partial charge in [-0.05, 0) is 19.4 Å². The summed E-state index contributed by atoms with van der Waals surface area (Å²) in [5, 5.41) is 14.4. The fourth-order valence-corrected chi connectivity index (χ4v) is 1.92. The zero-order valence-electron chi connectivity index (χ0n) is 11.1. The molecule has 0 aliphatic heterocycles. The molecule has 17 heavy (non-hydrogen) atoms. The second-order valence-corrected chi connectivity index (χ2v) is 4.50. The number of hydrogen-bond donors (Lipinski definition) is 3. The van der Waals surface area contributed by atoms with E-state index in [9.17, 15) is 9.59 Å². The molecule has 0 saturated carbocycles. The van der Waals surface area contributed by atoms with Crippen LogP contribution in [-0.2, 0) is 9.59 Å². The quantitative estimate of drug-likeness (QED) is 0.559. The first-order valence-corrected chi connectivity index (χ1v) is 6.00. The van der Waals surface area contributed by atoms with Crippen LogP contribution in [0.1, 0.15) is 26.7 Å². The Morgan fingerprint density at radius 2 is 1.82 bits per heavy atom. The molecule has 5 nitrogen and oxygen atoms in total. The summed E-state index contributed by atoms with van der Waals surface area (Å²) < 4.78 is 0. The van der Waals surface area contributed by atoms with Gasteiger partial charge in [-0.2, -0.15) is 0 Å². The van der Waals surface area contributed by atoms with Crippen molar-refractivity contribution in [1.29, 1.82) is 0 Å². The largest absolute Gasteiger partial charge is 0.396 e. The molecule has 0 aliphatic rings. The number of carbonyl (C=O) groups is 2. The topological polar surface area (TPSA) is 78.4 Å². The molecule has 0 aromatic heterocycles. The third-order valence-corrected chi connectivity index (χ3v) is 2.87. The fourth-order valence-electron chi connectivity index (χ4n) is 1.92. The van der Waals surface area contributed by atoms with E-state index < -0.39 is 5.92 Å². The van der Waals surface area contributed by atoms with Crippen molar-refractivity contribution < 1.29 is 14.7 Å². The minimum absolute atomic E-state index is 0.0181. The number of likely N-dealkylation sites (N-methyl/N-ethyl adjacent to an activating group) is 1. The summed E-state index contributed by atoms with van der Waals surface area (Å²) in [6.07, 6.45) is 0.490. The summed E-state index contributed by atoms with van der Waals surface area (Å²) in [6.45, 7) is 3.83. The van der Waals surface area contributed by atoms with Gasteiger partial charge in [0.2, 0.25) is 5.91 Å². The average molecular weight is 244 g/mol. The van der Waals surface area contributed by atoms with E-state index in [2.05, 4.69) is 10.6 Å². The Labute approximate surface area is 103 Å². The van der Waals surface area contributed by atoms with Crippen LogP contribution in [0.2, 0.25) is 0 Å². The van der Waals surface area contributed by atoms with Crippen molar-refractivity contribution >= 4 is 11.7 Å². The lowest BCUT2D eigenvalue weighted by molar-refractivity contribution is -0.130. The molecule has 0 aliphatic carbocycles. The summed E-state index contributed by atoms with van der Waals surface area (Å²) in [4.78, 5) is 23.5. The summed E-state index contributed by atoms with van der Waals surface area (Å²) in [7, 11) is 3.28. The normalized spacial score (nSPS) is 14.5. The Balaban J connectivity index is 4.53. The molecule has 0 unspecified atom stereocenters. The SMILES string of the molecule is CNC(=O)[C@H](CCO)CC(=O)[C@@H](NC)C(C)C. The average Bonchev–Trinajstić information content (AvgIpc) is 2.27. The van der Waals surface area contributed by atoms with Crippen LogP contribution in [0.4, 0.5) is 0 Å². The van der Waals surface area contributed by atoms with Crippen LogP contribution in [0.5, 0.6) is 0 Å². The zero-order chi connectivity index (χ0) is 13.4. The monoisotopic (exact) mass is 244 g/mol. The van der Waals surface area contributed by atoms with Crippen molar-refractivity contribution in [3.05, 3.63) is 0 Å². The van der Waals surface area contributed by atoms with E-state index in [0.717, 1.165) is 0 Å². The van der Waals surface area contributed by atoms with Crippen LogP contribution >= 0.6 is 0 Å². The van der Waals surface area contributed by atoms with E-state index in [0.29, 0.717) is 6.42 Å².